The second-order valence-corrected chi connectivity index (χ2v) is 6.37. The minimum absolute atomic E-state index is 0.937. The molecular formula is C17H36. The van der Waals surface area contributed by atoms with Crippen LogP contribution < -0.4 is 0 Å². The Balaban J connectivity index is 3.37. The first kappa shape index (κ1) is 17.0. The third-order valence-corrected chi connectivity index (χ3v) is 4.27. The normalized spacial score (nSPS) is 16.8. The van der Waals surface area contributed by atoms with Crippen molar-refractivity contribution in [3.63, 3.8) is 0 Å². The van der Waals surface area contributed by atoms with E-state index in [1.54, 1.807) is 0 Å². The van der Waals surface area contributed by atoms with Gasteiger partial charge < -0.3 is 0 Å². The molecule has 1 unspecified atom stereocenters. The van der Waals surface area contributed by atoms with Gasteiger partial charge in [0.15, 0.2) is 0 Å². The highest BCUT2D eigenvalue weighted by molar-refractivity contribution is 4.59. The Bertz CT molecular complexity index is 150. The molecule has 0 spiro atoms. The van der Waals surface area contributed by atoms with E-state index in [0.29, 0.717) is 0 Å². The molecule has 0 heteroatoms. The first-order valence-electron chi connectivity index (χ1n) is 8.10. The smallest absolute Gasteiger partial charge is 0.0443 e. The van der Waals surface area contributed by atoms with Crippen LogP contribution >= 0.6 is 0 Å². The summed E-state index contributed by atoms with van der Waals surface area (Å²) in [6.45, 7) is 11.9. The Morgan fingerprint density at radius 1 is 0.588 bits per heavy atom. The van der Waals surface area contributed by atoms with Gasteiger partial charge in [-0.25, -0.2) is 0 Å². The van der Waals surface area contributed by atoms with E-state index in [1.807, 2.05) is 0 Å². The molecule has 0 bridgehead atoms. The Labute approximate surface area is 111 Å². The van der Waals surface area contributed by atoms with Crippen molar-refractivity contribution >= 4 is 0 Å². The summed E-state index contributed by atoms with van der Waals surface area (Å²) >= 11 is 0. The number of rotatable bonds is 11. The van der Waals surface area contributed by atoms with E-state index in [-0.39, 0.29) is 0 Å². The molecule has 0 aromatic rings. The van der Waals surface area contributed by atoms with Crippen molar-refractivity contribution in [1.29, 1.82) is 0 Å². The highest BCUT2D eigenvalue weighted by Gasteiger charge is 2.06. The number of hydrogen-bond donors (Lipinski definition) is 0. The first-order chi connectivity index (χ1) is 8.10. The second kappa shape index (κ2) is 11.1. The van der Waals surface area contributed by atoms with Gasteiger partial charge in [-0.15, -0.1) is 0 Å². The molecule has 0 rings (SSSR count). The topological polar surface area (TPSA) is 0 Å². The molecule has 0 amide bonds. The standard InChI is InChI=1S/C17H36/c1-6-10-16(4)12-9-14-17(5)13-8-11-15(3)7-2/h15-17H,6-14H2,1-5H3/t15-,16?,17-/m0/s1. The van der Waals surface area contributed by atoms with Crippen LogP contribution in [0.3, 0.4) is 0 Å². The third kappa shape index (κ3) is 10.9. The van der Waals surface area contributed by atoms with E-state index in [4.69, 9.17) is 0 Å². The second-order valence-electron chi connectivity index (χ2n) is 6.37. The summed E-state index contributed by atoms with van der Waals surface area (Å²) in [6, 6.07) is 0. The van der Waals surface area contributed by atoms with E-state index in [1.165, 1.54) is 57.8 Å². The molecule has 0 aromatic heterocycles. The molecule has 0 N–H and O–H groups in total. The molecule has 3 atom stereocenters. The molecule has 0 heterocycles. The van der Waals surface area contributed by atoms with Crippen LogP contribution in [0.15, 0.2) is 0 Å². The van der Waals surface area contributed by atoms with Gasteiger partial charge in [0.2, 0.25) is 0 Å². The largest absolute Gasteiger partial charge is 0.0654 e. The summed E-state index contributed by atoms with van der Waals surface area (Å²) in [5.41, 5.74) is 0. The zero-order valence-corrected chi connectivity index (χ0v) is 13.1. The van der Waals surface area contributed by atoms with Crippen molar-refractivity contribution in [2.75, 3.05) is 0 Å². The summed E-state index contributed by atoms with van der Waals surface area (Å²) in [5, 5.41) is 0. The Morgan fingerprint density at radius 3 is 1.41 bits per heavy atom. The van der Waals surface area contributed by atoms with Gasteiger partial charge in [0.1, 0.15) is 0 Å². The Hall–Kier alpha value is 0. The van der Waals surface area contributed by atoms with Crippen molar-refractivity contribution in [3.05, 3.63) is 0 Å². The molecular weight excluding hydrogens is 204 g/mol. The van der Waals surface area contributed by atoms with Crippen molar-refractivity contribution in [3.8, 4) is 0 Å². The molecule has 0 aromatic carbocycles. The fraction of sp³-hybridized carbons (Fsp3) is 1.00. The average Bonchev–Trinajstić information content (AvgIpc) is 2.29. The maximum atomic E-state index is 2.45. The van der Waals surface area contributed by atoms with Crippen LogP contribution in [0.4, 0.5) is 0 Å². The molecule has 0 aliphatic rings. The lowest BCUT2D eigenvalue weighted by atomic mass is 9.92. The monoisotopic (exact) mass is 240 g/mol. The molecule has 0 fully saturated rings. The summed E-state index contributed by atoms with van der Waals surface area (Å²) in [4.78, 5) is 0. The summed E-state index contributed by atoms with van der Waals surface area (Å²) in [6.07, 6.45) is 12.8. The minimum atomic E-state index is 0.937. The molecule has 0 radical (unpaired) electrons. The fourth-order valence-electron chi connectivity index (χ4n) is 2.62. The lowest BCUT2D eigenvalue weighted by Gasteiger charge is -2.15. The van der Waals surface area contributed by atoms with Gasteiger partial charge in [0.25, 0.3) is 0 Å². The molecule has 0 saturated carbocycles. The summed E-state index contributed by atoms with van der Waals surface area (Å²) in [5.74, 6) is 2.84. The van der Waals surface area contributed by atoms with Crippen LogP contribution in [0, 0.1) is 17.8 Å². The van der Waals surface area contributed by atoms with Gasteiger partial charge in [0, 0.05) is 0 Å². The molecule has 17 heavy (non-hydrogen) atoms. The molecule has 0 aliphatic heterocycles. The van der Waals surface area contributed by atoms with Crippen molar-refractivity contribution in [1.82, 2.24) is 0 Å². The zero-order chi connectivity index (χ0) is 13.1. The van der Waals surface area contributed by atoms with E-state index in [9.17, 15) is 0 Å². The Kier molecular flexibility index (Phi) is 11.1. The lowest BCUT2D eigenvalue weighted by molar-refractivity contribution is 0.385. The van der Waals surface area contributed by atoms with Crippen LogP contribution in [-0.4, -0.2) is 0 Å². The molecule has 0 saturated heterocycles. The van der Waals surface area contributed by atoms with Gasteiger partial charge in [-0.2, -0.15) is 0 Å². The van der Waals surface area contributed by atoms with Gasteiger partial charge in [-0.1, -0.05) is 92.4 Å². The fourth-order valence-corrected chi connectivity index (χ4v) is 2.62. The summed E-state index contributed by atoms with van der Waals surface area (Å²) < 4.78 is 0. The van der Waals surface area contributed by atoms with Crippen LogP contribution in [0.2, 0.25) is 0 Å². The maximum absolute atomic E-state index is 2.45. The quantitative estimate of drug-likeness (QED) is 0.389. The molecule has 0 aliphatic carbocycles. The van der Waals surface area contributed by atoms with E-state index in [0.717, 1.165) is 17.8 Å². The third-order valence-electron chi connectivity index (χ3n) is 4.27. The van der Waals surface area contributed by atoms with Gasteiger partial charge in [-0.05, 0) is 17.8 Å². The predicted octanol–water partition coefficient (Wildman–Crippen LogP) is 6.45. The zero-order valence-electron chi connectivity index (χ0n) is 13.1. The molecule has 104 valence electrons. The van der Waals surface area contributed by atoms with Gasteiger partial charge in [0.05, 0.1) is 0 Å². The Morgan fingerprint density at radius 2 is 1.00 bits per heavy atom. The first-order valence-corrected chi connectivity index (χ1v) is 8.10. The highest BCUT2D eigenvalue weighted by atomic mass is 14.1. The van der Waals surface area contributed by atoms with Crippen LogP contribution in [0.25, 0.3) is 0 Å². The van der Waals surface area contributed by atoms with Crippen LogP contribution in [0.5, 0.6) is 0 Å². The highest BCUT2D eigenvalue weighted by Crippen LogP contribution is 2.21. The van der Waals surface area contributed by atoms with Gasteiger partial charge in [-0.3, -0.25) is 0 Å². The van der Waals surface area contributed by atoms with Crippen LogP contribution in [-0.2, 0) is 0 Å². The SMILES string of the molecule is CCCC(C)CCC[C@@H](C)CCC[C@@H](C)CC. The van der Waals surface area contributed by atoms with E-state index in [2.05, 4.69) is 34.6 Å². The van der Waals surface area contributed by atoms with Gasteiger partial charge >= 0.3 is 0 Å². The predicted molar refractivity (Wildman–Crippen MR) is 80.4 cm³/mol. The lowest BCUT2D eigenvalue weighted by Crippen LogP contribution is -2.00. The summed E-state index contributed by atoms with van der Waals surface area (Å²) in [7, 11) is 0. The van der Waals surface area contributed by atoms with Crippen molar-refractivity contribution in [2.45, 2.75) is 92.4 Å². The minimum Gasteiger partial charge on any atom is -0.0654 e. The van der Waals surface area contributed by atoms with E-state index >= 15 is 0 Å². The maximum Gasteiger partial charge on any atom is -0.0443 e. The van der Waals surface area contributed by atoms with Crippen molar-refractivity contribution < 1.29 is 0 Å². The van der Waals surface area contributed by atoms with Crippen LogP contribution in [0.1, 0.15) is 92.4 Å². The number of hydrogen-bond acceptors (Lipinski definition) is 0. The average molecular weight is 240 g/mol. The van der Waals surface area contributed by atoms with E-state index < -0.39 is 0 Å². The van der Waals surface area contributed by atoms with Crippen molar-refractivity contribution in [2.24, 2.45) is 17.8 Å². The molecule has 0 nitrogen and oxygen atoms in total.